The van der Waals surface area contributed by atoms with Crippen LogP contribution in [-0.4, -0.2) is 54.6 Å². The van der Waals surface area contributed by atoms with E-state index in [1.165, 1.54) is 5.56 Å². The molecule has 1 aromatic heterocycles. The first-order valence-electron chi connectivity index (χ1n) is 7.81. The van der Waals surface area contributed by atoms with Crippen LogP contribution in [0.1, 0.15) is 24.8 Å². The minimum atomic E-state index is -0.370. The van der Waals surface area contributed by atoms with Crippen LogP contribution in [0.4, 0.5) is 0 Å². The third-order valence-corrected chi connectivity index (χ3v) is 4.76. The van der Waals surface area contributed by atoms with E-state index in [4.69, 9.17) is 15.2 Å². The summed E-state index contributed by atoms with van der Waals surface area (Å²) in [5.74, 6) is -0.370. The van der Waals surface area contributed by atoms with Crippen LogP contribution in [0.3, 0.4) is 0 Å². The van der Waals surface area contributed by atoms with Crippen molar-refractivity contribution >= 4 is 0 Å². The van der Waals surface area contributed by atoms with Gasteiger partial charge in [0.1, 0.15) is 0 Å². The molecule has 5 heteroatoms. The van der Waals surface area contributed by atoms with Gasteiger partial charge >= 0.3 is 0 Å². The Balaban J connectivity index is 1.58. The molecule has 116 valence electrons. The van der Waals surface area contributed by atoms with E-state index in [1.54, 1.807) is 0 Å². The lowest BCUT2D eigenvalue weighted by Gasteiger charge is -2.43. The highest BCUT2D eigenvalue weighted by Gasteiger charge is 2.45. The molecule has 1 aliphatic heterocycles. The van der Waals surface area contributed by atoms with Crippen LogP contribution in [0.2, 0.25) is 0 Å². The van der Waals surface area contributed by atoms with Crippen LogP contribution in [0, 0.1) is 0 Å². The van der Waals surface area contributed by atoms with Gasteiger partial charge in [-0.2, -0.15) is 0 Å². The van der Waals surface area contributed by atoms with E-state index < -0.39 is 0 Å². The Morgan fingerprint density at radius 2 is 2.05 bits per heavy atom. The minimum absolute atomic E-state index is 0.200. The van der Waals surface area contributed by atoms with Crippen molar-refractivity contribution in [1.82, 2.24) is 9.88 Å². The molecular formula is C16H25N3O2. The molecule has 1 saturated carbocycles. The van der Waals surface area contributed by atoms with Crippen molar-refractivity contribution in [3.05, 3.63) is 30.1 Å². The SMILES string of the molecule is CN(CCc1ccncc1)C1CC2(CCC1N)OCCO2. The molecule has 21 heavy (non-hydrogen) atoms. The molecule has 2 N–H and O–H groups in total. The topological polar surface area (TPSA) is 60.6 Å². The maximum Gasteiger partial charge on any atom is 0.170 e. The molecule has 2 heterocycles. The van der Waals surface area contributed by atoms with Crippen LogP contribution in [-0.2, 0) is 15.9 Å². The maximum absolute atomic E-state index is 6.34. The van der Waals surface area contributed by atoms with Crippen molar-refractivity contribution in [2.75, 3.05) is 26.8 Å². The summed E-state index contributed by atoms with van der Waals surface area (Å²) in [6.45, 7) is 2.41. The summed E-state index contributed by atoms with van der Waals surface area (Å²) in [6.07, 6.45) is 7.46. The fraction of sp³-hybridized carbons (Fsp3) is 0.688. The summed E-state index contributed by atoms with van der Waals surface area (Å²) in [7, 11) is 2.15. The maximum atomic E-state index is 6.34. The molecule has 3 rings (SSSR count). The zero-order valence-corrected chi connectivity index (χ0v) is 12.7. The van der Waals surface area contributed by atoms with Crippen molar-refractivity contribution in [3.63, 3.8) is 0 Å². The van der Waals surface area contributed by atoms with Crippen LogP contribution in [0.25, 0.3) is 0 Å². The fourth-order valence-electron chi connectivity index (χ4n) is 3.41. The normalized spacial score (nSPS) is 28.3. The third kappa shape index (κ3) is 3.43. The Hall–Kier alpha value is -1.01. The van der Waals surface area contributed by atoms with Gasteiger partial charge in [-0.05, 0) is 37.6 Å². The first-order chi connectivity index (χ1) is 10.2. The quantitative estimate of drug-likeness (QED) is 0.902. The molecule has 2 unspecified atom stereocenters. The lowest BCUT2D eigenvalue weighted by molar-refractivity contribution is -0.190. The highest BCUT2D eigenvalue weighted by Crippen LogP contribution is 2.36. The molecule has 1 aromatic rings. The predicted molar refractivity (Wildman–Crippen MR) is 80.8 cm³/mol. The predicted octanol–water partition coefficient (Wildman–Crippen LogP) is 1.18. The largest absolute Gasteiger partial charge is 0.347 e. The van der Waals surface area contributed by atoms with E-state index in [-0.39, 0.29) is 11.8 Å². The van der Waals surface area contributed by atoms with Crippen molar-refractivity contribution in [2.45, 2.75) is 43.6 Å². The fourth-order valence-corrected chi connectivity index (χ4v) is 3.41. The molecule has 2 aliphatic rings. The Morgan fingerprint density at radius 1 is 1.33 bits per heavy atom. The molecule has 0 bridgehead atoms. The first kappa shape index (κ1) is 14.9. The molecule has 1 saturated heterocycles. The molecule has 1 aliphatic carbocycles. The highest BCUT2D eigenvalue weighted by molar-refractivity contribution is 5.10. The second-order valence-corrected chi connectivity index (χ2v) is 6.17. The van der Waals surface area contributed by atoms with E-state index in [2.05, 4.69) is 29.1 Å². The highest BCUT2D eigenvalue weighted by atomic mass is 16.7. The third-order valence-electron chi connectivity index (χ3n) is 4.76. The Kier molecular flexibility index (Phi) is 4.54. The standard InChI is InChI=1S/C16H25N3O2/c1-19(9-5-13-3-7-18-8-4-13)15-12-16(6-2-14(15)17)20-10-11-21-16/h3-4,7-8,14-15H,2,5-6,9-12,17H2,1H3. The summed E-state index contributed by atoms with van der Waals surface area (Å²) >= 11 is 0. The Labute approximate surface area is 126 Å². The molecule has 0 radical (unpaired) electrons. The van der Waals surface area contributed by atoms with Gasteiger partial charge in [0.25, 0.3) is 0 Å². The molecule has 0 amide bonds. The summed E-state index contributed by atoms with van der Waals surface area (Å²) in [4.78, 5) is 6.41. The van der Waals surface area contributed by atoms with Gasteiger partial charge in [-0.1, -0.05) is 0 Å². The minimum Gasteiger partial charge on any atom is -0.347 e. The van der Waals surface area contributed by atoms with E-state index in [9.17, 15) is 0 Å². The van der Waals surface area contributed by atoms with Gasteiger partial charge in [0, 0.05) is 43.9 Å². The average Bonchev–Trinajstić information content (AvgIpc) is 2.97. The molecular weight excluding hydrogens is 266 g/mol. The van der Waals surface area contributed by atoms with Crippen LogP contribution < -0.4 is 5.73 Å². The second-order valence-electron chi connectivity index (χ2n) is 6.17. The van der Waals surface area contributed by atoms with Gasteiger partial charge in [0.15, 0.2) is 5.79 Å². The molecule has 2 atom stereocenters. The van der Waals surface area contributed by atoms with E-state index >= 15 is 0 Å². The monoisotopic (exact) mass is 291 g/mol. The van der Waals surface area contributed by atoms with Crippen LogP contribution in [0.15, 0.2) is 24.5 Å². The second kappa shape index (κ2) is 6.40. The van der Waals surface area contributed by atoms with E-state index in [1.807, 2.05) is 12.4 Å². The van der Waals surface area contributed by atoms with Crippen molar-refractivity contribution in [2.24, 2.45) is 5.73 Å². The van der Waals surface area contributed by atoms with Crippen molar-refractivity contribution in [3.8, 4) is 0 Å². The summed E-state index contributed by atoms with van der Waals surface area (Å²) in [5, 5.41) is 0. The van der Waals surface area contributed by atoms with Gasteiger partial charge in [0.05, 0.1) is 13.2 Å². The van der Waals surface area contributed by atoms with Crippen LogP contribution >= 0.6 is 0 Å². The van der Waals surface area contributed by atoms with Gasteiger partial charge in [-0.3, -0.25) is 4.98 Å². The number of rotatable bonds is 4. The molecule has 0 aromatic carbocycles. The number of hydrogen-bond donors (Lipinski definition) is 1. The summed E-state index contributed by atoms with van der Waals surface area (Å²) in [6, 6.07) is 4.66. The summed E-state index contributed by atoms with van der Waals surface area (Å²) < 4.78 is 11.7. The van der Waals surface area contributed by atoms with E-state index in [0.29, 0.717) is 19.3 Å². The smallest absolute Gasteiger partial charge is 0.170 e. The first-order valence-corrected chi connectivity index (χ1v) is 7.81. The lowest BCUT2D eigenvalue weighted by Crippen LogP contribution is -2.55. The lowest BCUT2D eigenvalue weighted by atomic mass is 9.85. The number of aromatic nitrogens is 1. The summed E-state index contributed by atoms with van der Waals surface area (Å²) in [5.41, 5.74) is 7.65. The van der Waals surface area contributed by atoms with Gasteiger partial charge in [0.2, 0.25) is 0 Å². The molecule has 5 nitrogen and oxygen atoms in total. The number of likely N-dealkylation sites (N-methyl/N-ethyl adjacent to an activating group) is 1. The van der Waals surface area contributed by atoms with E-state index in [0.717, 1.165) is 32.2 Å². The zero-order valence-electron chi connectivity index (χ0n) is 12.7. The number of nitrogens with two attached hydrogens (primary N) is 1. The van der Waals surface area contributed by atoms with Crippen molar-refractivity contribution < 1.29 is 9.47 Å². The number of hydrogen-bond acceptors (Lipinski definition) is 5. The van der Waals surface area contributed by atoms with Gasteiger partial charge in [-0.25, -0.2) is 0 Å². The molecule has 1 spiro atoms. The number of ether oxygens (including phenoxy) is 2. The number of nitrogens with zero attached hydrogens (tertiary/aromatic N) is 2. The van der Waals surface area contributed by atoms with Crippen LogP contribution in [0.5, 0.6) is 0 Å². The number of pyridine rings is 1. The Bertz CT molecular complexity index is 448. The van der Waals surface area contributed by atoms with Crippen molar-refractivity contribution in [1.29, 1.82) is 0 Å². The Morgan fingerprint density at radius 3 is 2.76 bits per heavy atom. The molecule has 2 fully saturated rings. The average molecular weight is 291 g/mol. The van der Waals surface area contributed by atoms with Gasteiger partial charge in [-0.15, -0.1) is 0 Å². The van der Waals surface area contributed by atoms with Gasteiger partial charge < -0.3 is 20.1 Å². The zero-order chi connectivity index (χ0) is 14.7.